The third kappa shape index (κ3) is 4.03. The predicted molar refractivity (Wildman–Crippen MR) is 104 cm³/mol. The lowest BCUT2D eigenvalue weighted by atomic mass is 10.0. The predicted octanol–water partition coefficient (Wildman–Crippen LogP) is 1.74. The van der Waals surface area contributed by atoms with Crippen molar-refractivity contribution in [1.29, 1.82) is 0 Å². The van der Waals surface area contributed by atoms with E-state index in [1.54, 1.807) is 0 Å². The van der Waals surface area contributed by atoms with Crippen molar-refractivity contribution < 1.29 is 18.7 Å². The summed E-state index contributed by atoms with van der Waals surface area (Å²) >= 11 is 0. The van der Waals surface area contributed by atoms with Gasteiger partial charge >= 0.3 is 0 Å². The molecule has 1 aliphatic heterocycles. The number of nitrogens with two attached hydrogens (primary N) is 1. The van der Waals surface area contributed by atoms with E-state index in [0.29, 0.717) is 36.8 Å². The minimum atomic E-state index is -0.385. The van der Waals surface area contributed by atoms with Gasteiger partial charge in [-0.05, 0) is 36.8 Å². The zero-order valence-corrected chi connectivity index (χ0v) is 16.2. The van der Waals surface area contributed by atoms with Crippen LogP contribution >= 0.6 is 0 Å². The minimum absolute atomic E-state index is 0.0930. The first-order valence-electron chi connectivity index (χ1n) is 9.23. The average Bonchev–Trinajstić information content (AvgIpc) is 3.19. The Kier molecular flexibility index (Phi) is 5.48. The van der Waals surface area contributed by atoms with E-state index < -0.39 is 0 Å². The molecular weight excluding hydrogens is 391 g/mol. The lowest BCUT2D eigenvalue weighted by molar-refractivity contribution is -0.113. The van der Waals surface area contributed by atoms with E-state index in [9.17, 15) is 9.18 Å². The van der Waals surface area contributed by atoms with E-state index in [1.165, 1.54) is 43.6 Å². The van der Waals surface area contributed by atoms with Gasteiger partial charge in [-0.1, -0.05) is 0 Å². The number of carbonyl (C=O) groups is 1. The van der Waals surface area contributed by atoms with Gasteiger partial charge in [0, 0.05) is 12.2 Å². The Morgan fingerprint density at radius 1 is 1.23 bits per heavy atom. The standard InChI is InChI=1S/C20H19FN6O3/c1-12(28)15(19(22)13-2-4-14(21)5-3-13)10-30-18-9-23-16(8-24-18)20-26-25-17-11-29-7-6-27(17)20/h2-5,8-9H,6-7,10-11,22H2,1H3/b19-15-. The first-order chi connectivity index (χ1) is 14.5. The minimum Gasteiger partial charge on any atom is -0.471 e. The number of rotatable bonds is 6. The molecule has 0 radical (unpaired) electrons. The number of ketones is 1. The number of ether oxygens (including phenoxy) is 2. The van der Waals surface area contributed by atoms with Crippen molar-refractivity contribution in [2.24, 2.45) is 5.73 Å². The molecule has 0 unspecified atom stereocenters. The van der Waals surface area contributed by atoms with Gasteiger partial charge < -0.3 is 19.8 Å². The van der Waals surface area contributed by atoms with Crippen molar-refractivity contribution in [3.05, 3.63) is 59.4 Å². The monoisotopic (exact) mass is 410 g/mol. The van der Waals surface area contributed by atoms with Gasteiger partial charge in [-0.2, -0.15) is 0 Å². The number of halogens is 1. The van der Waals surface area contributed by atoms with Crippen LogP contribution in [0.4, 0.5) is 4.39 Å². The van der Waals surface area contributed by atoms with E-state index in [1.807, 2.05) is 4.57 Å². The second-order valence-corrected chi connectivity index (χ2v) is 6.63. The molecule has 0 saturated carbocycles. The third-order valence-electron chi connectivity index (χ3n) is 4.64. The number of Topliss-reactive ketones (excluding diaryl/α,β-unsaturated/α-hetero) is 1. The largest absolute Gasteiger partial charge is 0.471 e. The Hall–Kier alpha value is -3.66. The van der Waals surface area contributed by atoms with Gasteiger partial charge in [-0.15, -0.1) is 10.2 Å². The molecule has 9 nitrogen and oxygen atoms in total. The summed E-state index contributed by atoms with van der Waals surface area (Å²) < 4.78 is 26.0. The maximum absolute atomic E-state index is 13.1. The van der Waals surface area contributed by atoms with Crippen LogP contribution in [0.2, 0.25) is 0 Å². The quantitative estimate of drug-likeness (QED) is 0.611. The van der Waals surface area contributed by atoms with E-state index in [2.05, 4.69) is 20.2 Å². The first kappa shape index (κ1) is 19.6. The molecule has 0 amide bonds. The SMILES string of the molecule is CC(=O)/C(COc1cnc(-c2nnc3n2CCOC3)cn1)=C(\N)c1ccc(F)cc1. The number of benzene rings is 1. The first-order valence-corrected chi connectivity index (χ1v) is 9.23. The molecule has 2 aromatic heterocycles. The fraction of sp³-hybridized carbons (Fsp3) is 0.250. The zero-order valence-electron chi connectivity index (χ0n) is 16.2. The summed E-state index contributed by atoms with van der Waals surface area (Å²) in [5.41, 5.74) is 7.68. The summed E-state index contributed by atoms with van der Waals surface area (Å²) in [5, 5.41) is 8.25. The molecule has 10 heteroatoms. The van der Waals surface area contributed by atoms with Crippen LogP contribution in [0.15, 0.2) is 42.2 Å². The van der Waals surface area contributed by atoms with Crippen LogP contribution < -0.4 is 10.5 Å². The van der Waals surface area contributed by atoms with Gasteiger partial charge in [-0.3, -0.25) is 4.79 Å². The lowest BCUT2D eigenvalue weighted by Crippen LogP contribution is -2.17. The van der Waals surface area contributed by atoms with Crippen LogP contribution in [-0.2, 0) is 22.7 Å². The van der Waals surface area contributed by atoms with Gasteiger partial charge in [0.15, 0.2) is 17.4 Å². The molecular formula is C20H19FN6O3. The molecule has 1 aromatic carbocycles. The van der Waals surface area contributed by atoms with Crippen LogP contribution in [0.3, 0.4) is 0 Å². The van der Waals surface area contributed by atoms with Gasteiger partial charge in [-0.25, -0.2) is 14.4 Å². The highest BCUT2D eigenvalue weighted by atomic mass is 19.1. The highest BCUT2D eigenvalue weighted by Crippen LogP contribution is 2.20. The molecule has 30 heavy (non-hydrogen) atoms. The number of nitrogens with zero attached hydrogens (tertiary/aromatic N) is 5. The highest BCUT2D eigenvalue weighted by Gasteiger charge is 2.19. The second-order valence-electron chi connectivity index (χ2n) is 6.63. The van der Waals surface area contributed by atoms with Gasteiger partial charge in [0.2, 0.25) is 5.88 Å². The molecule has 2 N–H and O–H groups in total. The lowest BCUT2D eigenvalue weighted by Gasteiger charge is -2.15. The topological polar surface area (TPSA) is 118 Å². The third-order valence-corrected chi connectivity index (χ3v) is 4.64. The van der Waals surface area contributed by atoms with Crippen LogP contribution in [0.5, 0.6) is 5.88 Å². The summed E-state index contributed by atoms with van der Waals surface area (Å²) in [5.74, 6) is 0.942. The fourth-order valence-corrected chi connectivity index (χ4v) is 3.01. The van der Waals surface area contributed by atoms with Crippen molar-refractivity contribution in [3.63, 3.8) is 0 Å². The normalized spacial score (nSPS) is 14.1. The maximum Gasteiger partial charge on any atom is 0.232 e. The molecule has 0 saturated heterocycles. The molecule has 0 bridgehead atoms. The van der Waals surface area contributed by atoms with Crippen molar-refractivity contribution in [2.75, 3.05) is 13.2 Å². The van der Waals surface area contributed by atoms with Crippen LogP contribution in [0, 0.1) is 5.82 Å². The molecule has 1 aliphatic rings. The van der Waals surface area contributed by atoms with Crippen LogP contribution in [0.1, 0.15) is 18.3 Å². The Morgan fingerprint density at radius 2 is 2.03 bits per heavy atom. The summed E-state index contributed by atoms with van der Waals surface area (Å²) in [4.78, 5) is 20.6. The zero-order chi connectivity index (χ0) is 21.1. The van der Waals surface area contributed by atoms with E-state index in [-0.39, 0.29) is 35.4 Å². The molecule has 0 atom stereocenters. The number of aromatic nitrogens is 5. The summed E-state index contributed by atoms with van der Waals surface area (Å²) in [7, 11) is 0. The molecule has 3 aromatic rings. The molecule has 0 aliphatic carbocycles. The summed E-state index contributed by atoms with van der Waals surface area (Å²) in [6.07, 6.45) is 2.98. The van der Waals surface area contributed by atoms with Crippen LogP contribution in [0.25, 0.3) is 17.2 Å². The summed E-state index contributed by atoms with van der Waals surface area (Å²) in [6.45, 7) is 2.94. The van der Waals surface area contributed by atoms with Crippen molar-refractivity contribution >= 4 is 11.5 Å². The Bertz CT molecular complexity index is 1090. The molecule has 0 fully saturated rings. The Balaban J connectivity index is 1.50. The number of hydrogen-bond donors (Lipinski definition) is 1. The smallest absolute Gasteiger partial charge is 0.232 e. The molecule has 3 heterocycles. The molecule has 154 valence electrons. The molecule has 0 spiro atoms. The maximum atomic E-state index is 13.1. The van der Waals surface area contributed by atoms with Crippen molar-refractivity contribution in [3.8, 4) is 17.4 Å². The summed E-state index contributed by atoms with van der Waals surface area (Å²) in [6, 6.07) is 5.57. The fourth-order valence-electron chi connectivity index (χ4n) is 3.01. The van der Waals surface area contributed by atoms with E-state index >= 15 is 0 Å². The van der Waals surface area contributed by atoms with Gasteiger partial charge in [0.05, 0.1) is 24.6 Å². The van der Waals surface area contributed by atoms with Crippen molar-refractivity contribution in [2.45, 2.75) is 20.1 Å². The average molecular weight is 410 g/mol. The highest BCUT2D eigenvalue weighted by molar-refractivity contribution is 6.00. The van der Waals surface area contributed by atoms with Gasteiger partial charge in [0.1, 0.15) is 24.7 Å². The van der Waals surface area contributed by atoms with Crippen LogP contribution in [-0.4, -0.2) is 43.7 Å². The number of hydrogen-bond acceptors (Lipinski definition) is 8. The van der Waals surface area contributed by atoms with E-state index in [0.717, 1.165) is 5.82 Å². The Morgan fingerprint density at radius 3 is 2.73 bits per heavy atom. The number of carbonyl (C=O) groups excluding carboxylic acids is 1. The van der Waals surface area contributed by atoms with E-state index in [4.69, 9.17) is 15.2 Å². The van der Waals surface area contributed by atoms with Crippen molar-refractivity contribution in [1.82, 2.24) is 24.7 Å². The second kappa shape index (κ2) is 8.37. The molecule has 4 rings (SSSR count). The van der Waals surface area contributed by atoms with Gasteiger partial charge in [0.25, 0.3) is 0 Å². The number of fused-ring (bicyclic) bond motifs is 1. The Labute approximate surface area is 171 Å².